The molecule has 0 atom stereocenters. The molecule has 5 nitrogen and oxygen atoms in total. The van der Waals surface area contributed by atoms with E-state index in [2.05, 4.69) is 19.2 Å². The molecule has 0 aliphatic carbocycles. The Labute approximate surface area is 131 Å². The van der Waals surface area contributed by atoms with Gasteiger partial charge in [0.1, 0.15) is 0 Å². The maximum atomic E-state index is 12.2. The summed E-state index contributed by atoms with van der Waals surface area (Å²) in [6, 6.07) is 7.85. The Morgan fingerprint density at radius 2 is 1.77 bits per heavy atom. The molecule has 2 rings (SSSR count). The van der Waals surface area contributed by atoms with Gasteiger partial charge in [-0.25, -0.2) is 4.79 Å². The summed E-state index contributed by atoms with van der Waals surface area (Å²) in [5, 5.41) is 3.04. The highest BCUT2D eigenvalue weighted by atomic mass is 16.5. The van der Waals surface area contributed by atoms with Gasteiger partial charge in [-0.3, -0.25) is 4.79 Å². The van der Waals surface area contributed by atoms with Gasteiger partial charge in [0.25, 0.3) is 5.91 Å². The molecular weight excluding hydrogens is 280 g/mol. The molecule has 1 aromatic carbocycles. The van der Waals surface area contributed by atoms with Crippen LogP contribution in [0.4, 0.5) is 4.79 Å². The zero-order valence-corrected chi connectivity index (χ0v) is 13.5. The monoisotopic (exact) mass is 304 g/mol. The van der Waals surface area contributed by atoms with Crippen LogP contribution in [-0.4, -0.2) is 43.1 Å². The lowest BCUT2D eigenvalue weighted by Gasteiger charge is -2.31. The van der Waals surface area contributed by atoms with Crippen LogP contribution >= 0.6 is 0 Å². The van der Waals surface area contributed by atoms with Crippen molar-refractivity contribution in [2.75, 3.05) is 20.2 Å². The van der Waals surface area contributed by atoms with E-state index in [-0.39, 0.29) is 18.0 Å². The molecule has 5 heteroatoms. The van der Waals surface area contributed by atoms with Crippen molar-refractivity contribution in [1.82, 2.24) is 10.2 Å². The number of hydrogen-bond acceptors (Lipinski definition) is 3. The van der Waals surface area contributed by atoms with Gasteiger partial charge >= 0.3 is 6.09 Å². The van der Waals surface area contributed by atoms with Crippen LogP contribution in [0, 0.1) is 0 Å². The number of ether oxygens (including phenoxy) is 1. The SMILES string of the molecule is COC(=O)N1CCC(NC(=O)c2ccc(C(C)C)cc2)CC1. The molecular formula is C17H24N2O3. The summed E-state index contributed by atoms with van der Waals surface area (Å²) >= 11 is 0. The Bertz CT molecular complexity index is 517. The van der Waals surface area contributed by atoms with E-state index >= 15 is 0 Å². The first kappa shape index (κ1) is 16.3. The Balaban J connectivity index is 1.86. The third kappa shape index (κ3) is 4.00. The lowest BCUT2D eigenvalue weighted by molar-refractivity contribution is 0.0892. The summed E-state index contributed by atoms with van der Waals surface area (Å²) in [5.74, 6) is 0.409. The molecule has 0 radical (unpaired) electrons. The van der Waals surface area contributed by atoms with Gasteiger partial charge in [0.05, 0.1) is 7.11 Å². The Kier molecular flexibility index (Phi) is 5.41. The minimum atomic E-state index is -0.297. The van der Waals surface area contributed by atoms with E-state index in [0.29, 0.717) is 24.6 Å². The maximum Gasteiger partial charge on any atom is 0.409 e. The largest absolute Gasteiger partial charge is 0.453 e. The summed E-state index contributed by atoms with van der Waals surface area (Å²) < 4.78 is 4.71. The van der Waals surface area contributed by atoms with E-state index < -0.39 is 0 Å². The third-order valence-electron chi connectivity index (χ3n) is 4.10. The Hall–Kier alpha value is -2.04. The molecule has 0 saturated carbocycles. The molecule has 120 valence electrons. The first-order valence-corrected chi connectivity index (χ1v) is 7.75. The minimum Gasteiger partial charge on any atom is -0.453 e. The van der Waals surface area contributed by atoms with E-state index in [1.165, 1.54) is 12.7 Å². The third-order valence-corrected chi connectivity index (χ3v) is 4.10. The average Bonchev–Trinajstić information content (AvgIpc) is 2.54. The van der Waals surface area contributed by atoms with Gasteiger partial charge in [0.2, 0.25) is 0 Å². The van der Waals surface area contributed by atoms with E-state index in [4.69, 9.17) is 4.74 Å². The van der Waals surface area contributed by atoms with Crippen LogP contribution in [0.3, 0.4) is 0 Å². The van der Waals surface area contributed by atoms with Gasteiger partial charge in [-0.2, -0.15) is 0 Å². The predicted molar refractivity (Wildman–Crippen MR) is 85.0 cm³/mol. The molecule has 1 aliphatic rings. The van der Waals surface area contributed by atoms with Crippen molar-refractivity contribution >= 4 is 12.0 Å². The number of nitrogens with zero attached hydrogens (tertiary/aromatic N) is 1. The number of carbonyl (C=O) groups excluding carboxylic acids is 2. The zero-order chi connectivity index (χ0) is 16.1. The molecule has 2 amide bonds. The quantitative estimate of drug-likeness (QED) is 0.934. The summed E-state index contributed by atoms with van der Waals surface area (Å²) in [4.78, 5) is 25.3. The summed E-state index contributed by atoms with van der Waals surface area (Å²) in [7, 11) is 1.39. The predicted octanol–water partition coefficient (Wildman–Crippen LogP) is 2.77. The number of nitrogens with one attached hydrogen (secondary N) is 1. The second-order valence-corrected chi connectivity index (χ2v) is 5.98. The van der Waals surface area contributed by atoms with Crippen LogP contribution in [0.1, 0.15) is 48.5 Å². The van der Waals surface area contributed by atoms with Crippen molar-refractivity contribution in [2.45, 2.75) is 38.6 Å². The van der Waals surface area contributed by atoms with Crippen molar-refractivity contribution in [3.63, 3.8) is 0 Å². The average molecular weight is 304 g/mol. The highest BCUT2D eigenvalue weighted by Crippen LogP contribution is 2.16. The molecule has 0 aromatic heterocycles. The van der Waals surface area contributed by atoms with Crippen LogP contribution in [-0.2, 0) is 4.74 Å². The highest BCUT2D eigenvalue weighted by Gasteiger charge is 2.24. The van der Waals surface area contributed by atoms with E-state index in [9.17, 15) is 9.59 Å². The number of methoxy groups -OCH3 is 1. The number of hydrogen-bond donors (Lipinski definition) is 1. The van der Waals surface area contributed by atoms with E-state index in [1.54, 1.807) is 4.90 Å². The van der Waals surface area contributed by atoms with Gasteiger partial charge in [0.15, 0.2) is 0 Å². The van der Waals surface area contributed by atoms with Crippen molar-refractivity contribution in [3.05, 3.63) is 35.4 Å². The minimum absolute atomic E-state index is 0.0492. The first-order chi connectivity index (χ1) is 10.5. The normalized spacial score (nSPS) is 15.7. The fourth-order valence-electron chi connectivity index (χ4n) is 2.62. The van der Waals surface area contributed by atoms with Crippen LogP contribution in [0.25, 0.3) is 0 Å². The van der Waals surface area contributed by atoms with Gasteiger partial charge in [-0.15, -0.1) is 0 Å². The molecule has 1 N–H and O–H groups in total. The molecule has 1 aliphatic heterocycles. The van der Waals surface area contributed by atoms with Gasteiger partial charge < -0.3 is 15.0 Å². The number of amides is 2. The second kappa shape index (κ2) is 7.29. The van der Waals surface area contributed by atoms with Crippen LogP contribution in [0.15, 0.2) is 24.3 Å². The van der Waals surface area contributed by atoms with Crippen LogP contribution in [0.2, 0.25) is 0 Å². The summed E-state index contributed by atoms with van der Waals surface area (Å²) in [6.07, 6.45) is 1.21. The van der Waals surface area contributed by atoms with E-state index in [1.807, 2.05) is 24.3 Å². The van der Waals surface area contributed by atoms with Crippen molar-refractivity contribution < 1.29 is 14.3 Å². The fourth-order valence-corrected chi connectivity index (χ4v) is 2.62. The van der Waals surface area contributed by atoms with Gasteiger partial charge in [0, 0.05) is 24.7 Å². The smallest absolute Gasteiger partial charge is 0.409 e. The molecule has 1 heterocycles. The second-order valence-electron chi connectivity index (χ2n) is 5.98. The lowest BCUT2D eigenvalue weighted by Crippen LogP contribution is -2.46. The molecule has 0 bridgehead atoms. The molecule has 22 heavy (non-hydrogen) atoms. The van der Waals surface area contributed by atoms with Gasteiger partial charge in [-0.1, -0.05) is 26.0 Å². The Morgan fingerprint density at radius 1 is 1.18 bits per heavy atom. The number of benzene rings is 1. The molecule has 0 unspecified atom stereocenters. The number of piperidine rings is 1. The van der Waals surface area contributed by atoms with Crippen LogP contribution in [0.5, 0.6) is 0 Å². The number of rotatable bonds is 3. The molecule has 1 saturated heterocycles. The standard InChI is InChI=1S/C17H24N2O3/c1-12(2)13-4-6-14(7-5-13)16(20)18-15-8-10-19(11-9-15)17(21)22-3/h4-7,12,15H,8-11H2,1-3H3,(H,18,20). The molecule has 1 fully saturated rings. The topological polar surface area (TPSA) is 58.6 Å². The van der Waals surface area contributed by atoms with E-state index in [0.717, 1.165) is 12.8 Å². The summed E-state index contributed by atoms with van der Waals surface area (Å²) in [5.41, 5.74) is 1.91. The molecule has 1 aromatic rings. The Morgan fingerprint density at radius 3 is 2.27 bits per heavy atom. The maximum absolute atomic E-state index is 12.2. The fraction of sp³-hybridized carbons (Fsp3) is 0.529. The lowest BCUT2D eigenvalue weighted by atomic mass is 10.0. The van der Waals surface area contributed by atoms with Crippen LogP contribution < -0.4 is 5.32 Å². The van der Waals surface area contributed by atoms with Crippen molar-refractivity contribution in [1.29, 1.82) is 0 Å². The summed E-state index contributed by atoms with van der Waals surface area (Å²) in [6.45, 7) is 5.49. The van der Waals surface area contributed by atoms with Crippen molar-refractivity contribution in [3.8, 4) is 0 Å². The highest BCUT2D eigenvalue weighted by molar-refractivity contribution is 5.94. The number of carbonyl (C=O) groups is 2. The van der Waals surface area contributed by atoms with Gasteiger partial charge in [-0.05, 0) is 36.5 Å². The first-order valence-electron chi connectivity index (χ1n) is 7.75. The van der Waals surface area contributed by atoms with Crippen molar-refractivity contribution in [2.24, 2.45) is 0 Å². The molecule has 0 spiro atoms. The number of likely N-dealkylation sites (tertiary alicyclic amines) is 1. The zero-order valence-electron chi connectivity index (χ0n) is 13.5.